The molecule has 19 heavy (non-hydrogen) atoms. The summed E-state index contributed by atoms with van der Waals surface area (Å²) in [7, 11) is 0. The van der Waals surface area contributed by atoms with Crippen LogP contribution in [0.2, 0.25) is 0 Å². The third kappa shape index (κ3) is 3.17. The molecule has 2 unspecified atom stereocenters. The van der Waals surface area contributed by atoms with E-state index in [1.807, 2.05) is 6.07 Å². The van der Waals surface area contributed by atoms with Crippen molar-refractivity contribution in [2.75, 3.05) is 0 Å². The summed E-state index contributed by atoms with van der Waals surface area (Å²) in [6.45, 7) is 6.68. The molecule has 0 saturated carbocycles. The molecule has 1 fully saturated rings. The lowest BCUT2D eigenvalue weighted by atomic mass is 9.71. The van der Waals surface area contributed by atoms with E-state index in [0.29, 0.717) is 18.4 Å². The molecule has 0 aromatic heterocycles. The zero-order valence-electron chi connectivity index (χ0n) is 12.3. The monoisotopic (exact) mass is 259 g/mol. The summed E-state index contributed by atoms with van der Waals surface area (Å²) in [5.41, 5.74) is 1.44. The Morgan fingerprint density at radius 2 is 2.00 bits per heavy atom. The SMILES string of the molecule is CCC1(Cc2ccccc2)CC(=O)NC1CC(C)C. The second-order valence-corrected chi connectivity index (χ2v) is 6.30. The Morgan fingerprint density at radius 1 is 1.32 bits per heavy atom. The van der Waals surface area contributed by atoms with Crippen LogP contribution >= 0.6 is 0 Å². The van der Waals surface area contributed by atoms with Crippen LogP contribution in [0.4, 0.5) is 0 Å². The fourth-order valence-electron chi connectivity index (χ4n) is 3.31. The van der Waals surface area contributed by atoms with E-state index in [0.717, 1.165) is 19.3 Å². The summed E-state index contributed by atoms with van der Waals surface area (Å²) in [5.74, 6) is 0.841. The lowest BCUT2D eigenvalue weighted by molar-refractivity contribution is -0.119. The first-order chi connectivity index (χ1) is 9.05. The van der Waals surface area contributed by atoms with Crippen LogP contribution in [0.1, 0.15) is 45.6 Å². The standard InChI is InChI=1S/C17H25NO/c1-4-17(11-14-8-6-5-7-9-14)12-16(19)18-15(17)10-13(2)3/h5-9,13,15H,4,10-12H2,1-3H3,(H,18,19). The quantitative estimate of drug-likeness (QED) is 0.860. The first kappa shape index (κ1) is 14.1. The summed E-state index contributed by atoms with van der Waals surface area (Å²) in [6.07, 6.45) is 3.81. The van der Waals surface area contributed by atoms with E-state index in [2.05, 4.69) is 50.4 Å². The second-order valence-electron chi connectivity index (χ2n) is 6.30. The van der Waals surface area contributed by atoms with Crippen LogP contribution in [0.15, 0.2) is 30.3 Å². The molecule has 1 aromatic rings. The van der Waals surface area contributed by atoms with Gasteiger partial charge in [-0.3, -0.25) is 4.79 Å². The van der Waals surface area contributed by atoms with Crippen LogP contribution in [-0.2, 0) is 11.2 Å². The fraction of sp³-hybridized carbons (Fsp3) is 0.588. The van der Waals surface area contributed by atoms with Crippen LogP contribution in [0.5, 0.6) is 0 Å². The van der Waals surface area contributed by atoms with Crippen LogP contribution < -0.4 is 5.32 Å². The molecule has 2 atom stereocenters. The maximum absolute atomic E-state index is 11.9. The normalized spacial score (nSPS) is 26.7. The number of hydrogen-bond acceptors (Lipinski definition) is 1. The zero-order chi connectivity index (χ0) is 13.9. The summed E-state index contributed by atoms with van der Waals surface area (Å²) in [5, 5.41) is 3.21. The molecule has 1 aliphatic heterocycles. The maximum atomic E-state index is 11.9. The molecule has 104 valence electrons. The smallest absolute Gasteiger partial charge is 0.220 e. The Morgan fingerprint density at radius 3 is 2.58 bits per heavy atom. The van der Waals surface area contributed by atoms with E-state index in [1.165, 1.54) is 5.56 Å². The van der Waals surface area contributed by atoms with Gasteiger partial charge < -0.3 is 5.32 Å². The van der Waals surface area contributed by atoms with Gasteiger partial charge in [-0.15, -0.1) is 0 Å². The fourth-order valence-corrected chi connectivity index (χ4v) is 3.31. The Kier molecular flexibility index (Phi) is 4.28. The second kappa shape index (κ2) is 5.77. The Balaban J connectivity index is 2.21. The highest BCUT2D eigenvalue weighted by Crippen LogP contribution is 2.41. The number of hydrogen-bond donors (Lipinski definition) is 1. The van der Waals surface area contributed by atoms with E-state index in [1.54, 1.807) is 0 Å². The van der Waals surface area contributed by atoms with Crippen molar-refractivity contribution in [2.24, 2.45) is 11.3 Å². The van der Waals surface area contributed by atoms with Gasteiger partial charge in [0.2, 0.25) is 5.91 Å². The van der Waals surface area contributed by atoms with Crippen LogP contribution in [0, 0.1) is 11.3 Å². The van der Waals surface area contributed by atoms with Crippen LogP contribution in [-0.4, -0.2) is 11.9 Å². The van der Waals surface area contributed by atoms with E-state index in [9.17, 15) is 4.79 Å². The molecule has 1 N–H and O–H groups in total. The van der Waals surface area contributed by atoms with Crippen molar-refractivity contribution >= 4 is 5.91 Å². The molecule has 0 radical (unpaired) electrons. The Bertz CT molecular complexity index is 426. The van der Waals surface area contributed by atoms with Crippen molar-refractivity contribution in [3.8, 4) is 0 Å². The van der Waals surface area contributed by atoms with Gasteiger partial charge in [0.15, 0.2) is 0 Å². The van der Waals surface area contributed by atoms with Crippen molar-refractivity contribution in [3.05, 3.63) is 35.9 Å². The van der Waals surface area contributed by atoms with Crippen LogP contribution in [0.3, 0.4) is 0 Å². The van der Waals surface area contributed by atoms with Crippen molar-refractivity contribution in [1.82, 2.24) is 5.32 Å². The average molecular weight is 259 g/mol. The third-order valence-electron chi connectivity index (χ3n) is 4.40. The predicted octanol–water partition coefficient (Wildman–Crippen LogP) is 3.56. The number of carbonyl (C=O) groups is 1. The molecule has 1 amide bonds. The van der Waals surface area contributed by atoms with Gasteiger partial charge >= 0.3 is 0 Å². The first-order valence-corrected chi connectivity index (χ1v) is 7.39. The molecule has 0 bridgehead atoms. The number of rotatable bonds is 5. The Labute approximate surface area is 116 Å². The van der Waals surface area contributed by atoms with E-state index >= 15 is 0 Å². The summed E-state index contributed by atoms with van der Waals surface area (Å²) < 4.78 is 0. The van der Waals surface area contributed by atoms with Crippen molar-refractivity contribution in [1.29, 1.82) is 0 Å². The molecule has 1 aromatic carbocycles. The molecular weight excluding hydrogens is 234 g/mol. The molecule has 1 heterocycles. The minimum absolute atomic E-state index is 0.0999. The van der Waals surface area contributed by atoms with E-state index < -0.39 is 0 Å². The molecule has 2 rings (SSSR count). The molecule has 1 aliphatic rings. The van der Waals surface area contributed by atoms with Gasteiger partial charge in [0.1, 0.15) is 0 Å². The van der Waals surface area contributed by atoms with Crippen molar-refractivity contribution < 1.29 is 4.79 Å². The molecule has 0 aliphatic carbocycles. The molecule has 2 nitrogen and oxygen atoms in total. The van der Waals surface area contributed by atoms with E-state index in [-0.39, 0.29) is 11.3 Å². The van der Waals surface area contributed by atoms with Gasteiger partial charge in [0.25, 0.3) is 0 Å². The highest BCUT2D eigenvalue weighted by Gasteiger charge is 2.45. The van der Waals surface area contributed by atoms with Gasteiger partial charge in [-0.1, -0.05) is 51.1 Å². The summed E-state index contributed by atoms with van der Waals surface area (Å²) in [4.78, 5) is 11.9. The summed E-state index contributed by atoms with van der Waals surface area (Å²) in [6, 6.07) is 10.9. The lowest BCUT2D eigenvalue weighted by Gasteiger charge is -2.34. The van der Waals surface area contributed by atoms with Crippen LogP contribution in [0.25, 0.3) is 0 Å². The summed E-state index contributed by atoms with van der Waals surface area (Å²) >= 11 is 0. The minimum Gasteiger partial charge on any atom is -0.353 e. The number of carbonyl (C=O) groups excluding carboxylic acids is 1. The zero-order valence-corrected chi connectivity index (χ0v) is 12.3. The van der Waals surface area contributed by atoms with Gasteiger partial charge in [0, 0.05) is 17.9 Å². The number of nitrogens with one attached hydrogen (secondary N) is 1. The van der Waals surface area contributed by atoms with Crippen molar-refractivity contribution in [2.45, 2.75) is 52.5 Å². The lowest BCUT2D eigenvalue weighted by Crippen LogP contribution is -2.39. The van der Waals surface area contributed by atoms with Gasteiger partial charge in [-0.2, -0.15) is 0 Å². The first-order valence-electron chi connectivity index (χ1n) is 7.39. The topological polar surface area (TPSA) is 29.1 Å². The molecule has 1 saturated heterocycles. The molecule has 0 spiro atoms. The van der Waals surface area contributed by atoms with E-state index in [4.69, 9.17) is 0 Å². The molecule has 2 heteroatoms. The maximum Gasteiger partial charge on any atom is 0.220 e. The average Bonchev–Trinajstić information content (AvgIpc) is 2.66. The highest BCUT2D eigenvalue weighted by molar-refractivity contribution is 5.80. The largest absolute Gasteiger partial charge is 0.353 e. The van der Waals surface area contributed by atoms with Gasteiger partial charge in [0.05, 0.1) is 0 Å². The third-order valence-corrected chi connectivity index (χ3v) is 4.40. The number of amides is 1. The highest BCUT2D eigenvalue weighted by atomic mass is 16.2. The predicted molar refractivity (Wildman–Crippen MR) is 78.9 cm³/mol. The van der Waals surface area contributed by atoms with Gasteiger partial charge in [-0.25, -0.2) is 0 Å². The Hall–Kier alpha value is -1.31. The van der Waals surface area contributed by atoms with Gasteiger partial charge in [-0.05, 0) is 30.7 Å². The molecular formula is C17H25NO. The van der Waals surface area contributed by atoms with Crippen molar-refractivity contribution in [3.63, 3.8) is 0 Å². The minimum atomic E-state index is 0.0999. The number of benzene rings is 1.